The molecule has 7 nitrogen and oxygen atoms in total. The predicted molar refractivity (Wildman–Crippen MR) is 92.7 cm³/mol. The van der Waals surface area contributed by atoms with E-state index < -0.39 is 23.4 Å². The number of nitrogens with one attached hydrogen (secondary N) is 1. The second-order valence-electron chi connectivity index (χ2n) is 5.65. The molecule has 0 radical (unpaired) electrons. The van der Waals surface area contributed by atoms with E-state index in [1.807, 2.05) is 13.0 Å². The van der Waals surface area contributed by atoms with E-state index in [2.05, 4.69) is 5.32 Å². The van der Waals surface area contributed by atoms with Gasteiger partial charge in [-0.05, 0) is 38.5 Å². The van der Waals surface area contributed by atoms with Gasteiger partial charge in [0.2, 0.25) is 0 Å². The number of carbonyl (C=O) groups excluding carboxylic acids is 2. The van der Waals surface area contributed by atoms with E-state index in [1.54, 1.807) is 25.1 Å². The van der Waals surface area contributed by atoms with Crippen molar-refractivity contribution in [3.05, 3.63) is 68.8 Å². The van der Waals surface area contributed by atoms with Gasteiger partial charge in [-0.1, -0.05) is 23.8 Å². The number of nitro benzene ring substituents is 1. The third-order valence-corrected chi connectivity index (χ3v) is 3.71. The van der Waals surface area contributed by atoms with Crippen LogP contribution in [0.3, 0.4) is 0 Å². The second kappa shape index (κ2) is 7.57. The Bertz CT molecular complexity index is 845. The van der Waals surface area contributed by atoms with E-state index >= 15 is 0 Å². The molecule has 25 heavy (non-hydrogen) atoms. The van der Waals surface area contributed by atoms with Crippen molar-refractivity contribution in [1.82, 2.24) is 0 Å². The zero-order chi connectivity index (χ0) is 18.6. The minimum atomic E-state index is -0.594. The highest BCUT2D eigenvalue weighted by Crippen LogP contribution is 2.24. The van der Waals surface area contributed by atoms with Crippen LogP contribution in [0.2, 0.25) is 0 Å². The number of rotatable bonds is 5. The van der Waals surface area contributed by atoms with Crippen molar-refractivity contribution < 1.29 is 19.2 Å². The summed E-state index contributed by atoms with van der Waals surface area (Å²) in [7, 11) is 0. The lowest BCUT2D eigenvalue weighted by Gasteiger charge is -2.10. The van der Waals surface area contributed by atoms with Crippen LogP contribution in [0.4, 0.5) is 11.4 Å². The molecule has 0 spiro atoms. The normalized spacial score (nSPS) is 10.2. The van der Waals surface area contributed by atoms with Crippen LogP contribution in [0.25, 0.3) is 0 Å². The number of carbonyl (C=O) groups is 2. The van der Waals surface area contributed by atoms with Gasteiger partial charge in [-0.3, -0.25) is 14.9 Å². The van der Waals surface area contributed by atoms with Gasteiger partial charge in [-0.25, -0.2) is 4.79 Å². The maximum Gasteiger partial charge on any atom is 0.338 e. The largest absolute Gasteiger partial charge is 0.452 e. The summed E-state index contributed by atoms with van der Waals surface area (Å²) in [4.78, 5) is 34.4. The molecule has 1 amide bonds. The maximum absolute atomic E-state index is 12.1. The molecule has 0 saturated heterocycles. The quantitative estimate of drug-likeness (QED) is 0.510. The molecule has 0 bridgehead atoms. The Morgan fingerprint density at radius 3 is 2.52 bits per heavy atom. The molecule has 0 aliphatic heterocycles. The van der Waals surface area contributed by atoms with Crippen LogP contribution in [0.15, 0.2) is 36.4 Å². The first-order valence-corrected chi connectivity index (χ1v) is 7.58. The van der Waals surface area contributed by atoms with Crippen molar-refractivity contribution in [1.29, 1.82) is 0 Å². The number of esters is 1. The van der Waals surface area contributed by atoms with Gasteiger partial charge in [0, 0.05) is 6.07 Å². The molecular formula is C18H18N2O5. The Labute approximate surface area is 144 Å². The zero-order valence-corrected chi connectivity index (χ0v) is 14.2. The molecule has 0 unspecified atom stereocenters. The number of hydrogen-bond donors (Lipinski definition) is 1. The summed E-state index contributed by atoms with van der Waals surface area (Å²) in [5.74, 6) is -1.16. The van der Waals surface area contributed by atoms with Crippen LogP contribution in [0, 0.1) is 30.9 Å². The third-order valence-electron chi connectivity index (χ3n) is 3.71. The number of amides is 1. The fourth-order valence-electron chi connectivity index (χ4n) is 2.39. The van der Waals surface area contributed by atoms with Gasteiger partial charge < -0.3 is 10.1 Å². The Hall–Kier alpha value is -3.22. The standard InChI is InChI=1S/C18H18N2O5/c1-11-7-8-14(12(2)9-11)18(22)25-10-17(21)19-15-5-4-6-16(13(15)3)20(23)24/h4-9H,10H2,1-3H3,(H,19,21). The van der Waals surface area contributed by atoms with E-state index in [4.69, 9.17) is 4.74 Å². The number of hydrogen-bond acceptors (Lipinski definition) is 5. The summed E-state index contributed by atoms with van der Waals surface area (Å²) in [5, 5.41) is 13.4. The summed E-state index contributed by atoms with van der Waals surface area (Å²) in [6.45, 7) is 4.76. The highest BCUT2D eigenvalue weighted by Gasteiger charge is 2.16. The van der Waals surface area contributed by atoms with E-state index in [9.17, 15) is 19.7 Å². The number of nitro groups is 1. The van der Waals surface area contributed by atoms with Crippen molar-refractivity contribution in [2.45, 2.75) is 20.8 Å². The Morgan fingerprint density at radius 2 is 1.88 bits per heavy atom. The van der Waals surface area contributed by atoms with Crippen LogP contribution in [-0.2, 0) is 9.53 Å². The van der Waals surface area contributed by atoms with Gasteiger partial charge >= 0.3 is 5.97 Å². The van der Waals surface area contributed by atoms with E-state index in [1.165, 1.54) is 19.1 Å². The SMILES string of the molecule is Cc1ccc(C(=O)OCC(=O)Nc2cccc([N+](=O)[O-])c2C)c(C)c1. The Balaban J connectivity index is 2.00. The summed E-state index contributed by atoms with van der Waals surface area (Å²) < 4.78 is 5.02. The van der Waals surface area contributed by atoms with Crippen LogP contribution >= 0.6 is 0 Å². The van der Waals surface area contributed by atoms with Gasteiger partial charge in [-0.15, -0.1) is 0 Å². The molecule has 1 N–H and O–H groups in total. The van der Waals surface area contributed by atoms with Crippen LogP contribution in [-0.4, -0.2) is 23.4 Å². The van der Waals surface area contributed by atoms with E-state index in [0.29, 0.717) is 16.8 Å². The molecule has 0 aliphatic carbocycles. The van der Waals surface area contributed by atoms with Crippen molar-refractivity contribution >= 4 is 23.3 Å². The van der Waals surface area contributed by atoms with Crippen LogP contribution in [0.1, 0.15) is 27.0 Å². The maximum atomic E-state index is 12.1. The van der Waals surface area contributed by atoms with Crippen molar-refractivity contribution in [3.63, 3.8) is 0 Å². The Morgan fingerprint density at radius 1 is 1.16 bits per heavy atom. The smallest absolute Gasteiger partial charge is 0.338 e. The first-order chi connectivity index (χ1) is 11.8. The summed E-state index contributed by atoms with van der Waals surface area (Å²) >= 11 is 0. The molecule has 0 fully saturated rings. The lowest BCUT2D eigenvalue weighted by atomic mass is 10.1. The lowest BCUT2D eigenvalue weighted by Crippen LogP contribution is -2.21. The zero-order valence-electron chi connectivity index (χ0n) is 14.2. The van der Waals surface area contributed by atoms with Crippen LogP contribution in [0.5, 0.6) is 0 Å². The average molecular weight is 342 g/mol. The summed E-state index contributed by atoms with van der Waals surface area (Å²) in [6.07, 6.45) is 0. The average Bonchev–Trinajstić information content (AvgIpc) is 2.54. The number of nitrogens with zero attached hydrogens (tertiary/aromatic N) is 1. The number of aryl methyl sites for hydroxylation is 2. The first-order valence-electron chi connectivity index (χ1n) is 7.58. The minimum Gasteiger partial charge on any atom is -0.452 e. The first kappa shape index (κ1) is 18.1. The molecule has 0 heterocycles. The Kier molecular flexibility index (Phi) is 5.49. The molecular weight excluding hydrogens is 324 g/mol. The van der Waals surface area contributed by atoms with E-state index in [0.717, 1.165) is 11.1 Å². The molecule has 2 rings (SSSR count). The van der Waals surface area contributed by atoms with Gasteiger partial charge in [-0.2, -0.15) is 0 Å². The highest BCUT2D eigenvalue weighted by atomic mass is 16.6. The monoisotopic (exact) mass is 342 g/mol. The second-order valence-corrected chi connectivity index (χ2v) is 5.65. The van der Waals surface area contributed by atoms with Crippen LogP contribution < -0.4 is 5.32 Å². The van der Waals surface area contributed by atoms with Gasteiger partial charge in [0.15, 0.2) is 6.61 Å². The van der Waals surface area contributed by atoms with Gasteiger partial charge in [0.1, 0.15) is 0 Å². The molecule has 0 aromatic heterocycles. The minimum absolute atomic E-state index is 0.0925. The fourth-order valence-corrected chi connectivity index (χ4v) is 2.39. The molecule has 0 aliphatic rings. The summed E-state index contributed by atoms with van der Waals surface area (Å²) in [5.41, 5.74) is 2.73. The molecule has 2 aromatic carbocycles. The molecule has 0 saturated carbocycles. The number of anilines is 1. The topological polar surface area (TPSA) is 98.5 Å². The molecule has 0 atom stereocenters. The van der Waals surface area contributed by atoms with E-state index in [-0.39, 0.29) is 5.69 Å². The fraction of sp³-hybridized carbons (Fsp3) is 0.222. The summed E-state index contributed by atoms with van der Waals surface area (Å²) in [6, 6.07) is 9.66. The molecule has 7 heteroatoms. The molecule has 130 valence electrons. The number of benzene rings is 2. The lowest BCUT2D eigenvalue weighted by molar-refractivity contribution is -0.385. The number of ether oxygens (including phenoxy) is 1. The third kappa shape index (κ3) is 4.41. The van der Waals surface area contributed by atoms with Gasteiger partial charge in [0.25, 0.3) is 11.6 Å². The predicted octanol–water partition coefficient (Wildman–Crippen LogP) is 3.32. The highest BCUT2D eigenvalue weighted by molar-refractivity contribution is 5.96. The van der Waals surface area contributed by atoms with Crippen molar-refractivity contribution in [2.24, 2.45) is 0 Å². The van der Waals surface area contributed by atoms with Crippen molar-refractivity contribution in [2.75, 3.05) is 11.9 Å². The van der Waals surface area contributed by atoms with Crippen molar-refractivity contribution in [3.8, 4) is 0 Å². The molecule has 2 aromatic rings. The van der Waals surface area contributed by atoms with Gasteiger partial charge in [0.05, 0.1) is 21.7 Å².